The summed E-state index contributed by atoms with van der Waals surface area (Å²) in [6, 6.07) is 51.3. The number of hydrogen-bond acceptors (Lipinski definition) is 0. The molecule has 0 bridgehead atoms. The van der Waals surface area contributed by atoms with Gasteiger partial charge < -0.3 is 4.57 Å². The maximum absolute atomic E-state index is 2.46. The Balaban J connectivity index is 1.37. The van der Waals surface area contributed by atoms with Crippen LogP contribution in [-0.2, 0) is 0 Å². The fourth-order valence-electron chi connectivity index (χ4n) is 6.19. The van der Waals surface area contributed by atoms with E-state index in [4.69, 9.17) is 0 Å². The van der Waals surface area contributed by atoms with E-state index in [0.717, 1.165) is 0 Å². The minimum Gasteiger partial charge on any atom is -0.309 e. The number of nitrogens with zero attached hydrogens (tertiary/aromatic N) is 1. The van der Waals surface area contributed by atoms with Gasteiger partial charge in [-0.15, -0.1) is 0 Å². The van der Waals surface area contributed by atoms with Crippen molar-refractivity contribution in [3.8, 4) is 39.1 Å². The number of aromatic nitrogens is 1. The molecule has 8 rings (SSSR count). The van der Waals surface area contributed by atoms with Gasteiger partial charge >= 0.3 is 0 Å². The van der Waals surface area contributed by atoms with Crippen LogP contribution in [0.25, 0.3) is 60.9 Å². The van der Waals surface area contributed by atoms with Crippen LogP contribution in [-0.4, -0.2) is 14.1 Å². The first-order chi connectivity index (χ1) is 18.8. The minimum atomic E-state index is -0.469. The Hall–Kier alpha value is -4.66. The van der Waals surface area contributed by atoms with Crippen LogP contribution in [0.5, 0.6) is 0 Å². The molecule has 0 radical (unpaired) electrons. The first kappa shape index (κ1) is 21.4. The SMILES string of the molecule is c1ccc(-c2ccc3c(c2)c2cc(-c4ccccc4)ccc2n3-c2ccc3c(c2)[SiH2]c2ccccc2-3)cc1. The van der Waals surface area contributed by atoms with Crippen molar-refractivity contribution in [3.63, 3.8) is 0 Å². The number of benzene rings is 6. The highest BCUT2D eigenvalue weighted by Crippen LogP contribution is 2.37. The predicted octanol–water partition coefficient (Wildman–Crippen LogP) is 7.22. The van der Waals surface area contributed by atoms with Crippen molar-refractivity contribution in [2.45, 2.75) is 0 Å². The largest absolute Gasteiger partial charge is 0.309 e. The van der Waals surface area contributed by atoms with Gasteiger partial charge in [-0.2, -0.15) is 0 Å². The van der Waals surface area contributed by atoms with Gasteiger partial charge in [0.05, 0.1) is 20.6 Å². The van der Waals surface area contributed by atoms with Gasteiger partial charge in [-0.1, -0.05) is 114 Å². The van der Waals surface area contributed by atoms with E-state index in [-0.39, 0.29) is 0 Å². The second kappa shape index (κ2) is 8.44. The lowest BCUT2D eigenvalue weighted by atomic mass is 10.0. The van der Waals surface area contributed by atoms with E-state index in [2.05, 4.69) is 144 Å². The highest BCUT2D eigenvalue weighted by molar-refractivity contribution is 6.73. The van der Waals surface area contributed by atoms with Crippen LogP contribution in [0.1, 0.15) is 0 Å². The van der Waals surface area contributed by atoms with Gasteiger partial charge in [0.15, 0.2) is 0 Å². The first-order valence-corrected chi connectivity index (χ1v) is 14.7. The molecule has 0 saturated heterocycles. The standard InChI is InChI=1S/C36H25NSi/c1-3-9-24(10-4-1)26-15-19-33-31(21-26)32-22-27(25-11-5-2-6-12-25)16-20-34(32)37(33)28-17-18-30-29-13-7-8-14-35(29)38-36(30)23-28/h1-23H,38H2. The van der Waals surface area contributed by atoms with E-state index in [1.807, 2.05) is 0 Å². The highest BCUT2D eigenvalue weighted by atomic mass is 28.2. The van der Waals surface area contributed by atoms with E-state index in [1.165, 1.54) is 60.9 Å². The molecule has 38 heavy (non-hydrogen) atoms. The summed E-state index contributed by atoms with van der Waals surface area (Å²) in [5, 5.41) is 5.68. The molecule has 0 amide bonds. The topological polar surface area (TPSA) is 4.93 Å². The van der Waals surface area contributed by atoms with Crippen molar-refractivity contribution in [1.29, 1.82) is 0 Å². The Labute approximate surface area is 224 Å². The molecule has 6 aromatic carbocycles. The normalized spacial score (nSPS) is 12.7. The maximum atomic E-state index is 2.46. The number of hydrogen-bond donors (Lipinski definition) is 0. The molecule has 1 aliphatic heterocycles. The van der Waals surface area contributed by atoms with Crippen molar-refractivity contribution < 1.29 is 0 Å². The van der Waals surface area contributed by atoms with Gasteiger partial charge in [0.1, 0.15) is 0 Å². The molecule has 2 heteroatoms. The van der Waals surface area contributed by atoms with Crippen LogP contribution in [0.15, 0.2) is 140 Å². The molecule has 7 aromatic rings. The summed E-state index contributed by atoms with van der Waals surface area (Å²) in [5.41, 5.74) is 11.6. The molecule has 1 aromatic heterocycles. The summed E-state index contributed by atoms with van der Waals surface area (Å²) in [6.07, 6.45) is 0. The second-order valence-corrected chi connectivity index (χ2v) is 12.1. The van der Waals surface area contributed by atoms with Gasteiger partial charge in [0, 0.05) is 16.5 Å². The molecule has 0 saturated carbocycles. The molecular weight excluding hydrogens is 474 g/mol. The number of fused-ring (bicyclic) bond motifs is 6. The Morgan fingerprint density at radius 2 is 0.947 bits per heavy atom. The highest BCUT2D eigenvalue weighted by Gasteiger charge is 2.20. The van der Waals surface area contributed by atoms with Crippen LogP contribution >= 0.6 is 0 Å². The molecule has 0 fully saturated rings. The van der Waals surface area contributed by atoms with Crippen LogP contribution in [0.3, 0.4) is 0 Å². The Morgan fingerprint density at radius 1 is 0.395 bits per heavy atom. The molecule has 0 N–H and O–H groups in total. The maximum Gasteiger partial charge on any atom is 0.0892 e. The molecule has 1 nitrogen and oxygen atoms in total. The quantitative estimate of drug-likeness (QED) is 0.226. The summed E-state index contributed by atoms with van der Waals surface area (Å²) in [7, 11) is -0.469. The molecular formula is C36H25NSi. The minimum absolute atomic E-state index is 0.469. The zero-order valence-electron chi connectivity index (χ0n) is 20.9. The van der Waals surface area contributed by atoms with Crippen LogP contribution < -0.4 is 10.4 Å². The second-order valence-electron chi connectivity index (χ2n) is 10.2. The summed E-state index contributed by atoms with van der Waals surface area (Å²) in [6.45, 7) is 0. The molecule has 0 unspecified atom stereocenters. The third-order valence-corrected chi connectivity index (χ3v) is 9.98. The van der Waals surface area contributed by atoms with Crippen molar-refractivity contribution >= 4 is 41.7 Å². The third-order valence-electron chi connectivity index (χ3n) is 8.01. The van der Waals surface area contributed by atoms with Crippen LogP contribution in [0, 0.1) is 0 Å². The molecule has 1 aliphatic rings. The molecule has 0 aliphatic carbocycles. The van der Waals surface area contributed by atoms with Crippen molar-refractivity contribution in [1.82, 2.24) is 4.57 Å². The average molecular weight is 500 g/mol. The first-order valence-electron chi connectivity index (χ1n) is 13.2. The van der Waals surface area contributed by atoms with Crippen molar-refractivity contribution in [2.75, 3.05) is 0 Å². The zero-order valence-corrected chi connectivity index (χ0v) is 22.3. The van der Waals surface area contributed by atoms with Crippen LogP contribution in [0.4, 0.5) is 0 Å². The Bertz CT molecular complexity index is 1890. The average Bonchev–Trinajstić information content (AvgIpc) is 3.52. The fraction of sp³-hybridized carbons (Fsp3) is 0. The lowest BCUT2D eigenvalue weighted by molar-refractivity contribution is 1.18. The van der Waals surface area contributed by atoms with Crippen molar-refractivity contribution in [2.24, 2.45) is 0 Å². The van der Waals surface area contributed by atoms with Crippen molar-refractivity contribution in [3.05, 3.63) is 140 Å². The Morgan fingerprint density at radius 3 is 1.58 bits per heavy atom. The smallest absolute Gasteiger partial charge is 0.0892 e. The van der Waals surface area contributed by atoms with Gasteiger partial charge in [-0.25, -0.2) is 0 Å². The fourth-order valence-corrected chi connectivity index (χ4v) is 8.17. The molecule has 178 valence electrons. The lowest BCUT2D eigenvalue weighted by Gasteiger charge is -2.11. The van der Waals surface area contributed by atoms with E-state index in [9.17, 15) is 0 Å². The third kappa shape index (κ3) is 3.31. The van der Waals surface area contributed by atoms with E-state index in [1.54, 1.807) is 10.4 Å². The van der Waals surface area contributed by atoms with Gasteiger partial charge in [0.25, 0.3) is 0 Å². The molecule has 2 heterocycles. The lowest BCUT2D eigenvalue weighted by Crippen LogP contribution is -2.21. The number of rotatable bonds is 3. The zero-order chi connectivity index (χ0) is 25.1. The molecule has 0 spiro atoms. The molecule has 0 atom stereocenters. The van der Waals surface area contributed by atoms with Crippen LogP contribution in [0.2, 0.25) is 0 Å². The predicted molar refractivity (Wildman–Crippen MR) is 165 cm³/mol. The monoisotopic (exact) mass is 499 g/mol. The summed E-state index contributed by atoms with van der Waals surface area (Å²) >= 11 is 0. The van der Waals surface area contributed by atoms with Gasteiger partial charge in [-0.3, -0.25) is 0 Å². The van der Waals surface area contributed by atoms with E-state index >= 15 is 0 Å². The Kier molecular flexibility index (Phi) is 4.76. The van der Waals surface area contributed by atoms with Gasteiger partial charge in [-0.05, 0) is 69.8 Å². The summed E-state index contributed by atoms with van der Waals surface area (Å²) < 4.78 is 2.46. The summed E-state index contributed by atoms with van der Waals surface area (Å²) in [4.78, 5) is 0. The summed E-state index contributed by atoms with van der Waals surface area (Å²) in [5.74, 6) is 0. The van der Waals surface area contributed by atoms with E-state index < -0.39 is 9.52 Å². The van der Waals surface area contributed by atoms with Gasteiger partial charge in [0.2, 0.25) is 0 Å². The van der Waals surface area contributed by atoms with E-state index in [0.29, 0.717) is 0 Å².